The van der Waals surface area contributed by atoms with E-state index in [1.807, 2.05) is 32.9 Å². The van der Waals surface area contributed by atoms with Gasteiger partial charge in [-0.2, -0.15) is 0 Å². The number of sulfonamides is 1. The van der Waals surface area contributed by atoms with Gasteiger partial charge in [0.1, 0.15) is 0 Å². The van der Waals surface area contributed by atoms with Crippen LogP contribution in [0, 0.1) is 12.8 Å². The van der Waals surface area contributed by atoms with Crippen LogP contribution in [0.25, 0.3) is 0 Å². The lowest BCUT2D eigenvalue weighted by atomic mass is 9.77. The van der Waals surface area contributed by atoms with Gasteiger partial charge in [0, 0.05) is 17.1 Å². The molecule has 1 aliphatic carbocycles. The average molecular weight is 397 g/mol. The van der Waals surface area contributed by atoms with Gasteiger partial charge in [0.15, 0.2) is 0 Å². The Bertz CT molecular complexity index is 1030. The summed E-state index contributed by atoms with van der Waals surface area (Å²) in [5, 5.41) is 3.68. The first-order chi connectivity index (χ1) is 13.1. The van der Waals surface area contributed by atoms with Crippen LogP contribution >= 0.6 is 0 Å². The monoisotopic (exact) mass is 396 g/mol. The first kappa shape index (κ1) is 19.2. The Kier molecular flexibility index (Phi) is 4.63. The molecular weight excluding hydrogens is 368 g/mol. The van der Waals surface area contributed by atoms with Gasteiger partial charge >= 0.3 is 0 Å². The fourth-order valence-electron chi connectivity index (χ4n) is 4.40. The maximum absolute atomic E-state index is 12.8. The topological polar surface area (TPSA) is 58.2 Å². The molecule has 0 fully saturated rings. The molecule has 3 atom stereocenters. The van der Waals surface area contributed by atoms with Gasteiger partial charge in [0.05, 0.1) is 10.9 Å². The van der Waals surface area contributed by atoms with Gasteiger partial charge in [-0.25, -0.2) is 13.1 Å². The molecule has 0 saturated carbocycles. The van der Waals surface area contributed by atoms with Crippen molar-refractivity contribution in [2.45, 2.75) is 56.5 Å². The third-order valence-electron chi connectivity index (χ3n) is 5.49. The van der Waals surface area contributed by atoms with Crippen molar-refractivity contribution < 1.29 is 8.42 Å². The number of nitrogens with one attached hydrogen (secondary N) is 2. The van der Waals surface area contributed by atoms with Gasteiger partial charge in [0.25, 0.3) is 0 Å². The highest BCUT2D eigenvalue weighted by atomic mass is 32.2. The highest BCUT2D eigenvalue weighted by molar-refractivity contribution is 7.89. The molecule has 0 spiro atoms. The number of allylic oxidation sites excluding steroid dienone is 2. The smallest absolute Gasteiger partial charge is 0.241 e. The summed E-state index contributed by atoms with van der Waals surface area (Å²) in [6.45, 7) is 7.68. The van der Waals surface area contributed by atoms with Gasteiger partial charge in [-0.15, -0.1) is 0 Å². The van der Waals surface area contributed by atoms with E-state index in [0.717, 1.165) is 17.7 Å². The molecule has 28 heavy (non-hydrogen) atoms. The quantitative estimate of drug-likeness (QED) is 0.726. The van der Waals surface area contributed by atoms with Crippen molar-refractivity contribution >= 4 is 15.7 Å². The molecule has 1 aliphatic heterocycles. The van der Waals surface area contributed by atoms with Crippen LogP contribution < -0.4 is 10.0 Å². The predicted octanol–water partition coefficient (Wildman–Crippen LogP) is 4.90. The summed E-state index contributed by atoms with van der Waals surface area (Å²) in [5.41, 5.74) is 4.12. The molecule has 0 aromatic heterocycles. The van der Waals surface area contributed by atoms with Crippen LogP contribution in [-0.2, 0) is 10.0 Å². The van der Waals surface area contributed by atoms with Crippen molar-refractivity contribution in [3.8, 4) is 0 Å². The van der Waals surface area contributed by atoms with Gasteiger partial charge < -0.3 is 5.32 Å². The summed E-state index contributed by atoms with van der Waals surface area (Å²) in [7, 11) is -3.55. The summed E-state index contributed by atoms with van der Waals surface area (Å²) in [6, 6.07) is 14.3. The molecule has 4 nitrogen and oxygen atoms in total. The first-order valence-electron chi connectivity index (χ1n) is 9.82. The average Bonchev–Trinajstić information content (AvgIpc) is 3.08. The summed E-state index contributed by atoms with van der Waals surface area (Å²) in [5.74, 6) is 0.620. The maximum Gasteiger partial charge on any atom is 0.241 e. The summed E-state index contributed by atoms with van der Waals surface area (Å²) >= 11 is 0. The van der Waals surface area contributed by atoms with Crippen molar-refractivity contribution in [1.29, 1.82) is 0 Å². The lowest BCUT2D eigenvalue weighted by Crippen LogP contribution is -2.40. The van der Waals surface area contributed by atoms with Crippen molar-refractivity contribution in [2.24, 2.45) is 5.92 Å². The zero-order valence-electron chi connectivity index (χ0n) is 16.9. The third kappa shape index (κ3) is 3.61. The van der Waals surface area contributed by atoms with E-state index in [9.17, 15) is 8.42 Å². The minimum atomic E-state index is -3.55. The van der Waals surface area contributed by atoms with Gasteiger partial charge in [-0.05, 0) is 69.4 Å². The summed E-state index contributed by atoms with van der Waals surface area (Å²) < 4.78 is 28.4. The number of rotatable bonds is 3. The van der Waals surface area contributed by atoms with Crippen molar-refractivity contribution in [3.05, 3.63) is 71.3 Å². The van der Waals surface area contributed by atoms with E-state index in [1.165, 1.54) is 11.1 Å². The molecule has 0 saturated heterocycles. The molecule has 2 N–H and O–H groups in total. The molecule has 0 radical (unpaired) electrons. The Balaban J connectivity index is 1.73. The normalized spacial score (nSPS) is 23.8. The van der Waals surface area contributed by atoms with Gasteiger partial charge in [-0.3, -0.25) is 0 Å². The lowest BCUT2D eigenvalue weighted by Gasteiger charge is -2.38. The number of fused-ring (bicyclic) bond motifs is 3. The standard InChI is InChI=1S/C23H28N2O2S/c1-15-7-5-8-16(13-15)22-19-10-6-9-18(19)20-14-17(11-12-21(20)24-22)28(26,27)25-23(2,3)4/h5-9,11-14,18-19,22,24-25H,10H2,1-4H3. The molecule has 2 aromatic carbocycles. The number of hydrogen-bond donors (Lipinski definition) is 2. The Morgan fingerprint density at radius 2 is 1.89 bits per heavy atom. The van der Waals surface area contributed by atoms with Crippen LogP contribution in [0.2, 0.25) is 0 Å². The van der Waals surface area contributed by atoms with E-state index in [2.05, 4.69) is 53.4 Å². The third-order valence-corrected chi connectivity index (χ3v) is 7.24. The molecule has 0 amide bonds. The van der Waals surface area contributed by atoms with Crippen LogP contribution in [-0.4, -0.2) is 14.0 Å². The second-order valence-electron chi connectivity index (χ2n) is 8.99. The van der Waals surface area contributed by atoms with Crippen molar-refractivity contribution in [1.82, 2.24) is 4.72 Å². The van der Waals surface area contributed by atoms with Crippen molar-refractivity contribution in [2.75, 3.05) is 5.32 Å². The van der Waals surface area contributed by atoms with Crippen LogP contribution in [0.1, 0.15) is 55.8 Å². The SMILES string of the molecule is Cc1cccc(C2Nc3ccc(S(=O)(=O)NC(C)(C)C)cc3C3C=CCC32)c1. The number of anilines is 1. The molecule has 1 heterocycles. The van der Waals surface area contributed by atoms with Crippen LogP contribution in [0.15, 0.2) is 59.5 Å². The van der Waals surface area contributed by atoms with Crippen LogP contribution in [0.5, 0.6) is 0 Å². The minimum absolute atomic E-state index is 0.225. The zero-order chi connectivity index (χ0) is 20.1. The predicted molar refractivity (Wildman–Crippen MR) is 114 cm³/mol. The zero-order valence-corrected chi connectivity index (χ0v) is 17.7. The summed E-state index contributed by atoms with van der Waals surface area (Å²) in [6.07, 6.45) is 5.46. The van der Waals surface area contributed by atoms with E-state index in [4.69, 9.17) is 0 Å². The summed E-state index contributed by atoms with van der Waals surface area (Å²) in [4.78, 5) is 0.330. The van der Waals surface area contributed by atoms with E-state index in [0.29, 0.717) is 10.8 Å². The van der Waals surface area contributed by atoms with Crippen LogP contribution in [0.4, 0.5) is 5.69 Å². The Morgan fingerprint density at radius 1 is 1.11 bits per heavy atom. The largest absolute Gasteiger partial charge is 0.378 e. The Morgan fingerprint density at radius 3 is 2.61 bits per heavy atom. The Hall–Kier alpha value is -2.11. The fourth-order valence-corrected chi connectivity index (χ4v) is 5.85. The maximum atomic E-state index is 12.8. The highest BCUT2D eigenvalue weighted by Gasteiger charge is 2.38. The van der Waals surface area contributed by atoms with E-state index < -0.39 is 15.6 Å². The molecule has 0 bridgehead atoms. The van der Waals surface area contributed by atoms with Gasteiger partial charge in [0.2, 0.25) is 10.0 Å². The molecule has 2 aliphatic rings. The molecule has 4 rings (SSSR count). The number of hydrogen-bond acceptors (Lipinski definition) is 3. The van der Waals surface area contributed by atoms with E-state index >= 15 is 0 Å². The van der Waals surface area contributed by atoms with E-state index in [-0.39, 0.29) is 12.0 Å². The first-order valence-corrected chi connectivity index (χ1v) is 11.3. The minimum Gasteiger partial charge on any atom is -0.378 e. The van der Waals surface area contributed by atoms with Gasteiger partial charge in [-0.1, -0.05) is 42.0 Å². The van der Waals surface area contributed by atoms with Crippen molar-refractivity contribution in [3.63, 3.8) is 0 Å². The van der Waals surface area contributed by atoms with E-state index in [1.54, 1.807) is 6.07 Å². The number of aryl methyl sites for hydroxylation is 1. The molecule has 2 aromatic rings. The lowest BCUT2D eigenvalue weighted by molar-refractivity contribution is 0.425. The highest BCUT2D eigenvalue weighted by Crippen LogP contribution is 2.50. The molecule has 5 heteroatoms. The number of benzene rings is 2. The Labute approximate surface area is 168 Å². The molecular formula is C23H28N2O2S. The van der Waals surface area contributed by atoms with Crippen LogP contribution in [0.3, 0.4) is 0 Å². The molecule has 148 valence electrons. The molecule has 3 unspecified atom stereocenters. The second kappa shape index (κ2) is 6.75. The fraction of sp³-hybridized carbons (Fsp3) is 0.391. The second-order valence-corrected chi connectivity index (χ2v) is 10.7.